The molecule has 5 rings (SSSR count). The fourth-order valence-electron chi connectivity index (χ4n) is 4.98. The molecular formula is C28H30ClN3O5. The van der Waals surface area contributed by atoms with Crippen LogP contribution in [0, 0.1) is 0 Å². The van der Waals surface area contributed by atoms with Gasteiger partial charge in [0.05, 0.1) is 30.0 Å². The number of carbonyl (C=O) groups is 3. The summed E-state index contributed by atoms with van der Waals surface area (Å²) in [4.78, 5) is 42.4. The molecule has 0 aliphatic carbocycles. The first kappa shape index (κ1) is 25.4. The van der Waals surface area contributed by atoms with Gasteiger partial charge in [-0.05, 0) is 49.4 Å². The van der Waals surface area contributed by atoms with Gasteiger partial charge in [-0.1, -0.05) is 41.9 Å². The topological polar surface area (TPSA) is 97.0 Å². The number of carbonyl (C=O) groups excluding carboxylic acids is 3. The first-order valence-electron chi connectivity index (χ1n) is 12.7. The fraction of sp³-hybridized carbons (Fsp3) is 0.393. The minimum absolute atomic E-state index is 0.0965. The molecule has 194 valence electrons. The van der Waals surface area contributed by atoms with Gasteiger partial charge in [-0.2, -0.15) is 0 Å². The molecule has 3 aliphatic heterocycles. The Morgan fingerprint density at radius 1 is 0.892 bits per heavy atom. The number of amides is 3. The number of hydrogen-bond donors (Lipinski definition) is 2. The van der Waals surface area contributed by atoms with Gasteiger partial charge in [0.15, 0.2) is 0 Å². The van der Waals surface area contributed by atoms with E-state index in [4.69, 9.17) is 21.1 Å². The average molecular weight is 524 g/mol. The molecule has 2 aromatic rings. The van der Waals surface area contributed by atoms with Crippen LogP contribution in [-0.4, -0.2) is 56.2 Å². The molecule has 0 spiro atoms. The predicted molar refractivity (Wildman–Crippen MR) is 140 cm³/mol. The molecule has 2 aromatic carbocycles. The maximum Gasteiger partial charge on any atom is 0.260 e. The normalized spacial score (nSPS) is 20.7. The predicted octanol–water partition coefficient (Wildman–Crippen LogP) is 3.23. The molecule has 3 heterocycles. The van der Waals surface area contributed by atoms with Crippen LogP contribution in [0.3, 0.4) is 0 Å². The van der Waals surface area contributed by atoms with Crippen LogP contribution in [0.25, 0.3) is 5.57 Å². The highest BCUT2D eigenvalue weighted by Crippen LogP contribution is 2.39. The van der Waals surface area contributed by atoms with Crippen LogP contribution in [0.4, 0.5) is 5.69 Å². The molecule has 3 amide bonds. The second-order valence-corrected chi connectivity index (χ2v) is 9.91. The molecule has 9 heteroatoms. The van der Waals surface area contributed by atoms with Gasteiger partial charge >= 0.3 is 0 Å². The van der Waals surface area contributed by atoms with Gasteiger partial charge in [0.1, 0.15) is 5.57 Å². The van der Waals surface area contributed by atoms with E-state index in [9.17, 15) is 14.4 Å². The molecule has 2 unspecified atom stereocenters. The summed E-state index contributed by atoms with van der Waals surface area (Å²) < 4.78 is 11.2. The zero-order valence-corrected chi connectivity index (χ0v) is 21.3. The van der Waals surface area contributed by atoms with Crippen molar-refractivity contribution in [1.29, 1.82) is 0 Å². The SMILES string of the molecule is O=C(NCC1CCCO1)C(C(=O)NCC1CCCO1)=C1C(=O)N(Cc2ccc(Cl)cc2)c2ccccc21. The molecule has 8 nitrogen and oxygen atoms in total. The van der Waals surface area contributed by atoms with Crippen molar-refractivity contribution >= 4 is 40.6 Å². The standard InChI is InChI=1S/C28H30ClN3O5/c29-19-11-9-18(10-12-19)17-32-23-8-2-1-7-22(23)24(28(32)35)25(26(33)30-15-20-5-3-13-36-20)27(34)31-16-21-6-4-14-37-21/h1-2,7-12,20-21H,3-6,13-17H2,(H,30,33)(H,31,34). The van der Waals surface area contributed by atoms with Crippen LogP contribution < -0.4 is 15.5 Å². The molecule has 0 bridgehead atoms. The van der Waals surface area contributed by atoms with E-state index in [0.29, 0.717) is 29.5 Å². The monoisotopic (exact) mass is 523 g/mol. The Morgan fingerprint density at radius 3 is 2.05 bits per heavy atom. The van der Waals surface area contributed by atoms with E-state index in [-0.39, 0.29) is 43.0 Å². The van der Waals surface area contributed by atoms with Crippen molar-refractivity contribution in [1.82, 2.24) is 10.6 Å². The first-order valence-corrected chi connectivity index (χ1v) is 13.1. The van der Waals surface area contributed by atoms with Crippen molar-refractivity contribution in [2.75, 3.05) is 31.2 Å². The zero-order chi connectivity index (χ0) is 25.8. The highest BCUT2D eigenvalue weighted by atomic mass is 35.5. The number of anilines is 1. The number of nitrogens with zero attached hydrogens (tertiary/aromatic N) is 1. The van der Waals surface area contributed by atoms with Crippen molar-refractivity contribution in [2.45, 2.75) is 44.4 Å². The second kappa shape index (κ2) is 11.5. The molecule has 2 saturated heterocycles. The average Bonchev–Trinajstić information content (AvgIpc) is 3.67. The Balaban J connectivity index is 1.47. The number of benzene rings is 2. The third-order valence-corrected chi connectivity index (χ3v) is 7.16. The summed E-state index contributed by atoms with van der Waals surface area (Å²) in [5.74, 6) is -1.58. The summed E-state index contributed by atoms with van der Waals surface area (Å²) in [6, 6.07) is 14.5. The lowest BCUT2D eigenvalue weighted by Gasteiger charge is -2.18. The van der Waals surface area contributed by atoms with E-state index >= 15 is 0 Å². The molecule has 37 heavy (non-hydrogen) atoms. The van der Waals surface area contributed by atoms with E-state index < -0.39 is 17.7 Å². The Morgan fingerprint density at radius 2 is 1.49 bits per heavy atom. The van der Waals surface area contributed by atoms with Crippen LogP contribution in [0.15, 0.2) is 54.1 Å². The number of ether oxygens (including phenoxy) is 2. The third kappa shape index (κ3) is 5.71. The Bertz CT molecular complexity index is 1170. The lowest BCUT2D eigenvalue weighted by Crippen LogP contribution is -2.41. The largest absolute Gasteiger partial charge is 0.376 e. The fourth-order valence-corrected chi connectivity index (χ4v) is 5.11. The van der Waals surface area contributed by atoms with Crippen molar-refractivity contribution in [3.05, 3.63) is 70.3 Å². The van der Waals surface area contributed by atoms with Gasteiger partial charge in [0, 0.05) is 36.9 Å². The van der Waals surface area contributed by atoms with Crippen molar-refractivity contribution in [2.24, 2.45) is 0 Å². The van der Waals surface area contributed by atoms with Crippen LogP contribution in [-0.2, 0) is 30.4 Å². The van der Waals surface area contributed by atoms with Crippen molar-refractivity contribution < 1.29 is 23.9 Å². The van der Waals surface area contributed by atoms with E-state index in [1.54, 1.807) is 29.2 Å². The molecule has 2 N–H and O–H groups in total. The van der Waals surface area contributed by atoms with Crippen LogP contribution in [0.1, 0.15) is 36.8 Å². The minimum atomic E-state index is -0.591. The molecule has 3 aliphatic rings. The summed E-state index contributed by atoms with van der Waals surface area (Å²) >= 11 is 6.03. The number of para-hydroxylation sites is 1. The maximum absolute atomic E-state index is 13.8. The molecular weight excluding hydrogens is 494 g/mol. The molecule has 2 atom stereocenters. The summed E-state index contributed by atoms with van der Waals surface area (Å²) in [5.41, 5.74) is 1.98. The first-order chi connectivity index (χ1) is 18.0. The van der Waals surface area contributed by atoms with Crippen molar-refractivity contribution in [3.63, 3.8) is 0 Å². The number of rotatable bonds is 8. The maximum atomic E-state index is 13.8. The van der Waals surface area contributed by atoms with Crippen LogP contribution in [0.2, 0.25) is 5.02 Å². The highest BCUT2D eigenvalue weighted by Gasteiger charge is 2.38. The summed E-state index contributed by atoms with van der Waals surface area (Å²) in [5, 5.41) is 6.27. The number of nitrogens with one attached hydrogen (secondary N) is 2. The van der Waals surface area contributed by atoms with Gasteiger partial charge < -0.3 is 25.0 Å². The number of halogens is 1. The van der Waals surface area contributed by atoms with Gasteiger partial charge in [0.25, 0.3) is 17.7 Å². The lowest BCUT2D eigenvalue weighted by molar-refractivity contribution is -0.124. The highest BCUT2D eigenvalue weighted by molar-refractivity contribution is 6.41. The van der Waals surface area contributed by atoms with E-state index in [0.717, 1.165) is 31.2 Å². The van der Waals surface area contributed by atoms with Gasteiger partial charge in [-0.15, -0.1) is 0 Å². The van der Waals surface area contributed by atoms with E-state index in [2.05, 4.69) is 10.6 Å². The van der Waals surface area contributed by atoms with Gasteiger partial charge in [0.2, 0.25) is 0 Å². The van der Waals surface area contributed by atoms with E-state index in [1.807, 2.05) is 24.3 Å². The van der Waals surface area contributed by atoms with Gasteiger partial charge in [-0.25, -0.2) is 0 Å². The van der Waals surface area contributed by atoms with Gasteiger partial charge in [-0.3, -0.25) is 14.4 Å². The molecule has 2 fully saturated rings. The van der Waals surface area contributed by atoms with Crippen LogP contribution in [0.5, 0.6) is 0 Å². The minimum Gasteiger partial charge on any atom is -0.376 e. The number of fused-ring (bicyclic) bond motifs is 1. The summed E-state index contributed by atoms with van der Waals surface area (Å²) in [6.07, 6.45) is 3.35. The number of hydrogen-bond acceptors (Lipinski definition) is 5. The summed E-state index contributed by atoms with van der Waals surface area (Å²) in [6.45, 7) is 2.14. The third-order valence-electron chi connectivity index (χ3n) is 6.91. The Hall–Kier alpha value is -3.20. The lowest BCUT2D eigenvalue weighted by atomic mass is 9.99. The zero-order valence-electron chi connectivity index (χ0n) is 20.5. The quantitative estimate of drug-likeness (QED) is 0.314. The smallest absolute Gasteiger partial charge is 0.260 e. The van der Waals surface area contributed by atoms with Crippen LogP contribution >= 0.6 is 11.6 Å². The summed E-state index contributed by atoms with van der Waals surface area (Å²) in [7, 11) is 0. The molecule has 0 saturated carbocycles. The second-order valence-electron chi connectivity index (χ2n) is 9.48. The molecule has 0 radical (unpaired) electrons. The van der Waals surface area contributed by atoms with Crippen molar-refractivity contribution in [3.8, 4) is 0 Å². The molecule has 0 aromatic heterocycles. The Kier molecular flexibility index (Phi) is 7.88. The Labute approximate surface area is 220 Å². The van der Waals surface area contributed by atoms with E-state index in [1.165, 1.54) is 0 Å².